The molecule has 33 heavy (non-hydrogen) atoms. The number of aromatic nitrogens is 1. The summed E-state index contributed by atoms with van der Waals surface area (Å²) in [5.41, 5.74) is 10.2. The van der Waals surface area contributed by atoms with Gasteiger partial charge in [-0.15, -0.1) is 0 Å². The normalized spacial score (nSPS) is 19.5. The van der Waals surface area contributed by atoms with Gasteiger partial charge in [-0.3, -0.25) is 0 Å². The van der Waals surface area contributed by atoms with Crippen LogP contribution < -0.4 is 4.57 Å². The Bertz CT molecular complexity index is 1190. The molecule has 2 aromatic carbocycles. The van der Waals surface area contributed by atoms with Crippen LogP contribution in [0.4, 0.5) is 0 Å². The summed E-state index contributed by atoms with van der Waals surface area (Å²) in [5, 5.41) is 2.83. The SMILES string of the molecule is Cc1cc(C2CCCC2)cc(-c2c3ccc(C4CC[Si](C)(C)CC4)cc3cc(C)[n+]2C)c1C. The fourth-order valence-corrected chi connectivity index (χ4v) is 9.05. The van der Waals surface area contributed by atoms with E-state index in [1.54, 1.807) is 11.1 Å². The van der Waals surface area contributed by atoms with Crippen molar-refractivity contribution in [3.8, 4) is 11.3 Å². The Labute approximate surface area is 202 Å². The number of pyridine rings is 1. The van der Waals surface area contributed by atoms with E-state index in [-0.39, 0.29) is 0 Å². The monoisotopic (exact) mass is 456 g/mol. The van der Waals surface area contributed by atoms with Crippen molar-refractivity contribution in [3.05, 3.63) is 64.3 Å². The summed E-state index contributed by atoms with van der Waals surface area (Å²) in [4.78, 5) is 0. The second kappa shape index (κ2) is 8.69. The topological polar surface area (TPSA) is 3.88 Å². The zero-order valence-electron chi connectivity index (χ0n) is 21.7. The highest BCUT2D eigenvalue weighted by Gasteiger charge is 2.30. The minimum absolute atomic E-state index is 0.745. The second-order valence-corrected chi connectivity index (χ2v) is 17.3. The molecule has 174 valence electrons. The number of aryl methyl sites for hydroxylation is 2. The summed E-state index contributed by atoms with van der Waals surface area (Å²) in [5.74, 6) is 1.50. The molecule has 0 radical (unpaired) electrons. The highest BCUT2D eigenvalue weighted by Crippen LogP contribution is 2.41. The molecule has 1 saturated carbocycles. The van der Waals surface area contributed by atoms with Crippen LogP contribution in [0.25, 0.3) is 22.0 Å². The molecular formula is C31H42NSi+. The quantitative estimate of drug-likeness (QED) is 0.275. The molecular weight excluding hydrogens is 414 g/mol. The lowest BCUT2D eigenvalue weighted by atomic mass is 9.87. The molecule has 5 rings (SSSR count). The molecule has 0 bridgehead atoms. The van der Waals surface area contributed by atoms with E-state index in [0.717, 1.165) is 11.8 Å². The number of hydrogen-bond donors (Lipinski definition) is 0. The Kier molecular flexibility index (Phi) is 6.01. The molecule has 2 aliphatic rings. The van der Waals surface area contributed by atoms with Gasteiger partial charge in [-0.1, -0.05) is 56.2 Å². The molecule has 0 spiro atoms. The first kappa shape index (κ1) is 22.8. The van der Waals surface area contributed by atoms with Gasteiger partial charge in [0, 0.05) is 21.1 Å². The molecule has 2 fully saturated rings. The minimum atomic E-state index is -0.920. The molecule has 1 nitrogen and oxygen atoms in total. The van der Waals surface area contributed by atoms with Crippen molar-refractivity contribution >= 4 is 18.8 Å². The third-order valence-corrected chi connectivity index (χ3v) is 12.4. The van der Waals surface area contributed by atoms with Crippen molar-refractivity contribution < 1.29 is 4.57 Å². The highest BCUT2D eigenvalue weighted by molar-refractivity contribution is 6.77. The van der Waals surface area contributed by atoms with Gasteiger partial charge >= 0.3 is 0 Å². The number of nitrogens with zero attached hydrogens (tertiary/aromatic N) is 1. The van der Waals surface area contributed by atoms with Crippen molar-refractivity contribution in [1.29, 1.82) is 0 Å². The lowest BCUT2D eigenvalue weighted by Gasteiger charge is -2.33. The van der Waals surface area contributed by atoms with Crippen molar-refractivity contribution in [1.82, 2.24) is 0 Å². The van der Waals surface area contributed by atoms with Crippen LogP contribution in [0.15, 0.2) is 36.4 Å². The maximum absolute atomic E-state index is 2.57. The van der Waals surface area contributed by atoms with Crippen molar-refractivity contribution in [2.75, 3.05) is 0 Å². The molecule has 1 aliphatic heterocycles. The van der Waals surface area contributed by atoms with E-state index in [2.05, 4.69) is 81.9 Å². The van der Waals surface area contributed by atoms with Gasteiger partial charge in [0.05, 0.1) is 10.9 Å². The third-order valence-electron chi connectivity index (χ3n) is 9.14. The van der Waals surface area contributed by atoms with Gasteiger partial charge in [-0.05, 0) is 91.1 Å². The molecule has 2 heteroatoms. The molecule has 0 unspecified atom stereocenters. The lowest BCUT2D eigenvalue weighted by Crippen LogP contribution is -2.35. The van der Waals surface area contributed by atoms with E-state index >= 15 is 0 Å². The van der Waals surface area contributed by atoms with Gasteiger partial charge in [0.2, 0.25) is 5.69 Å². The Morgan fingerprint density at radius 1 is 0.788 bits per heavy atom. The first-order valence-electron chi connectivity index (χ1n) is 13.3. The number of fused-ring (bicyclic) bond motifs is 1. The summed E-state index contributed by atoms with van der Waals surface area (Å²) in [6, 6.07) is 17.8. The van der Waals surface area contributed by atoms with Crippen LogP contribution in [-0.2, 0) is 7.05 Å². The molecule has 1 aromatic heterocycles. The molecule has 3 aromatic rings. The maximum atomic E-state index is 2.57. The summed E-state index contributed by atoms with van der Waals surface area (Å²) < 4.78 is 2.43. The summed E-state index contributed by atoms with van der Waals surface area (Å²) in [6.07, 6.45) is 8.26. The standard InChI is InChI=1S/C31H42NSi/c1-21-17-27(24-9-7-8-10-24)20-30(23(21)3)31-29-12-11-26(19-28(29)18-22(2)32(31)4)25-13-15-33(5,6)16-14-25/h11-12,17-20,24-25H,7-10,13-16H2,1-6H3/q+1. The number of rotatable bonds is 3. The van der Waals surface area contributed by atoms with E-state index in [4.69, 9.17) is 0 Å². The minimum Gasteiger partial charge on any atom is -0.198 e. The summed E-state index contributed by atoms with van der Waals surface area (Å²) in [7, 11) is 1.33. The zero-order chi connectivity index (χ0) is 23.3. The molecule has 1 aliphatic carbocycles. The van der Waals surface area contributed by atoms with Gasteiger partial charge in [0.15, 0.2) is 5.69 Å². The lowest BCUT2D eigenvalue weighted by molar-refractivity contribution is -0.665. The average Bonchev–Trinajstić information content (AvgIpc) is 3.32. The van der Waals surface area contributed by atoms with Crippen LogP contribution in [0.5, 0.6) is 0 Å². The first-order chi connectivity index (χ1) is 15.7. The summed E-state index contributed by atoms with van der Waals surface area (Å²) in [6.45, 7) is 12.0. The van der Waals surface area contributed by atoms with Crippen molar-refractivity contribution in [2.45, 2.75) is 96.3 Å². The van der Waals surface area contributed by atoms with Gasteiger partial charge < -0.3 is 0 Å². The summed E-state index contributed by atoms with van der Waals surface area (Å²) >= 11 is 0. The maximum Gasteiger partial charge on any atom is 0.220 e. The smallest absolute Gasteiger partial charge is 0.198 e. The Morgan fingerprint density at radius 2 is 1.45 bits per heavy atom. The Hall–Kier alpha value is -1.93. The second-order valence-electron chi connectivity index (χ2n) is 12.0. The molecule has 2 heterocycles. The molecule has 0 amide bonds. The molecule has 0 N–H and O–H groups in total. The first-order valence-corrected chi connectivity index (χ1v) is 16.7. The third kappa shape index (κ3) is 4.32. The van der Waals surface area contributed by atoms with Crippen LogP contribution in [0.2, 0.25) is 25.2 Å². The van der Waals surface area contributed by atoms with E-state index in [1.165, 1.54) is 89.5 Å². The average molecular weight is 457 g/mol. The van der Waals surface area contributed by atoms with Crippen molar-refractivity contribution in [2.24, 2.45) is 7.05 Å². The van der Waals surface area contributed by atoms with Crippen molar-refractivity contribution in [3.63, 3.8) is 0 Å². The van der Waals surface area contributed by atoms with E-state index in [0.29, 0.717) is 0 Å². The number of benzene rings is 2. The van der Waals surface area contributed by atoms with E-state index < -0.39 is 8.07 Å². The molecule has 1 saturated heterocycles. The Morgan fingerprint density at radius 3 is 2.15 bits per heavy atom. The fraction of sp³-hybridized carbons (Fsp3) is 0.516. The number of hydrogen-bond acceptors (Lipinski definition) is 0. The van der Waals surface area contributed by atoms with Crippen LogP contribution in [0, 0.1) is 20.8 Å². The van der Waals surface area contributed by atoms with Gasteiger partial charge in [0.25, 0.3) is 0 Å². The van der Waals surface area contributed by atoms with Gasteiger partial charge in [-0.25, -0.2) is 0 Å². The fourth-order valence-electron chi connectivity index (χ4n) is 6.54. The predicted octanol–water partition coefficient (Wildman–Crippen LogP) is 8.50. The van der Waals surface area contributed by atoms with Crippen LogP contribution in [0.3, 0.4) is 0 Å². The van der Waals surface area contributed by atoms with E-state index in [1.807, 2.05) is 0 Å². The van der Waals surface area contributed by atoms with Crippen LogP contribution in [-0.4, -0.2) is 8.07 Å². The zero-order valence-corrected chi connectivity index (χ0v) is 22.7. The predicted molar refractivity (Wildman–Crippen MR) is 145 cm³/mol. The Balaban J connectivity index is 1.62. The molecule has 0 atom stereocenters. The van der Waals surface area contributed by atoms with Crippen LogP contribution >= 0.6 is 0 Å². The van der Waals surface area contributed by atoms with Gasteiger partial charge in [0.1, 0.15) is 7.05 Å². The van der Waals surface area contributed by atoms with Gasteiger partial charge in [-0.2, -0.15) is 4.57 Å². The highest BCUT2D eigenvalue weighted by atomic mass is 28.3. The van der Waals surface area contributed by atoms with E-state index in [9.17, 15) is 0 Å². The van der Waals surface area contributed by atoms with Crippen LogP contribution in [0.1, 0.15) is 78.3 Å². The largest absolute Gasteiger partial charge is 0.220 e.